The molecule has 3 rings (SSSR count). The number of pyridine rings is 1. The molecular weight excluding hydrogens is 258 g/mol. The van der Waals surface area contributed by atoms with Crippen LogP contribution in [0.1, 0.15) is 32.1 Å². The Morgan fingerprint density at radius 2 is 2.10 bits per heavy atom. The van der Waals surface area contributed by atoms with Gasteiger partial charge in [0.2, 0.25) is 6.41 Å². The van der Waals surface area contributed by atoms with Crippen LogP contribution in [0.2, 0.25) is 0 Å². The lowest BCUT2D eigenvalue weighted by molar-refractivity contribution is -0.118. The second-order valence-corrected chi connectivity index (χ2v) is 5.16. The lowest BCUT2D eigenvalue weighted by Crippen LogP contribution is -2.36. The van der Waals surface area contributed by atoms with Gasteiger partial charge in [0, 0.05) is 6.04 Å². The Morgan fingerprint density at radius 1 is 1.30 bits per heavy atom. The lowest BCUT2D eigenvalue weighted by atomic mass is 9.94. The van der Waals surface area contributed by atoms with Gasteiger partial charge in [-0.1, -0.05) is 19.3 Å². The van der Waals surface area contributed by atoms with Crippen LogP contribution in [0, 0.1) is 0 Å². The first-order valence-electron chi connectivity index (χ1n) is 6.95. The molecular formula is C14H17N3O3. The summed E-state index contributed by atoms with van der Waals surface area (Å²) >= 11 is 0. The van der Waals surface area contributed by atoms with Crippen molar-refractivity contribution in [3.05, 3.63) is 12.1 Å². The van der Waals surface area contributed by atoms with Gasteiger partial charge in [-0.15, -0.1) is 0 Å². The summed E-state index contributed by atoms with van der Waals surface area (Å²) in [5.41, 5.74) is 0. The van der Waals surface area contributed by atoms with Crippen molar-refractivity contribution in [1.29, 1.82) is 0 Å². The Morgan fingerprint density at radius 3 is 2.85 bits per heavy atom. The van der Waals surface area contributed by atoms with Gasteiger partial charge in [-0.05, 0) is 25.0 Å². The number of nitrogens with zero attached hydrogens (tertiary/aromatic N) is 2. The fourth-order valence-electron chi connectivity index (χ4n) is 2.78. The van der Waals surface area contributed by atoms with Crippen molar-refractivity contribution in [1.82, 2.24) is 4.98 Å². The first-order chi connectivity index (χ1) is 9.78. The second kappa shape index (κ2) is 5.48. The third-order valence-corrected chi connectivity index (χ3v) is 3.81. The molecule has 1 saturated carbocycles. The monoisotopic (exact) mass is 275 g/mol. The van der Waals surface area contributed by atoms with Crippen LogP contribution < -0.4 is 15.0 Å². The Hall–Kier alpha value is -2.11. The molecule has 0 spiro atoms. The average molecular weight is 275 g/mol. The first kappa shape index (κ1) is 12.9. The summed E-state index contributed by atoms with van der Waals surface area (Å²) in [6.07, 6.45) is 6.33. The number of aromatic nitrogens is 1. The van der Waals surface area contributed by atoms with Crippen molar-refractivity contribution in [2.75, 3.05) is 16.8 Å². The molecule has 1 N–H and O–H groups in total. The maximum Gasteiger partial charge on any atom is 0.263 e. The zero-order valence-electron chi connectivity index (χ0n) is 11.2. The molecule has 0 radical (unpaired) electrons. The second-order valence-electron chi connectivity index (χ2n) is 5.16. The Labute approximate surface area is 117 Å². The largest absolute Gasteiger partial charge is 0.480 e. The van der Waals surface area contributed by atoms with Gasteiger partial charge in [-0.3, -0.25) is 14.5 Å². The molecule has 0 unspecified atom stereocenters. The van der Waals surface area contributed by atoms with Gasteiger partial charge in [-0.25, -0.2) is 4.98 Å². The number of carbonyl (C=O) groups is 2. The van der Waals surface area contributed by atoms with Gasteiger partial charge < -0.3 is 10.1 Å². The van der Waals surface area contributed by atoms with Crippen molar-refractivity contribution >= 4 is 24.0 Å². The molecule has 0 bridgehead atoms. The fourth-order valence-corrected chi connectivity index (χ4v) is 2.78. The van der Waals surface area contributed by atoms with Crippen LogP contribution in [0.5, 0.6) is 5.75 Å². The highest BCUT2D eigenvalue weighted by Crippen LogP contribution is 2.31. The quantitative estimate of drug-likeness (QED) is 0.852. The van der Waals surface area contributed by atoms with E-state index >= 15 is 0 Å². The van der Waals surface area contributed by atoms with E-state index in [1.54, 1.807) is 17.0 Å². The van der Waals surface area contributed by atoms with E-state index in [0.717, 1.165) is 32.1 Å². The van der Waals surface area contributed by atoms with Crippen LogP contribution in [-0.4, -0.2) is 29.9 Å². The zero-order chi connectivity index (χ0) is 13.9. The molecule has 2 amide bonds. The summed E-state index contributed by atoms with van der Waals surface area (Å²) < 4.78 is 5.27. The maximum atomic E-state index is 11.4. The molecule has 1 aromatic rings. The highest BCUT2D eigenvalue weighted by atomic mass is 16.5. The predicted octanol–water partition coefficient (Wildman–Crippen LogP) is 1.71. The van der Waals surface area contributed by atoms with Crippen LogP contribution >= 0.6 is 0 Å². The van der Waals surface area contributed by atoms with Gasteiger partial charge in [0.05, 0.1) is 0 Å². The maximum absolute atomic E-state index is 11.4. The molecule has 1 aliphatic heterocycles. The Balaban J connectivity index is 1.86. The number of amides is 2. The summed E-state index contributed by atoms with van der Waals surface area (Å²) in [4.78, 5) is 28.7. The minimum atomic E-state index is -0.225. The molecule has 106 valence electrons. The summed E-state index contributed by atoms with van der Waals surface area (Å²) in [5, 5.41) is 2.66. The molecule has 2 heterocycles. The third-order valence-electron chi connectivity index (χ3n) is 3.81. The summed E-state index contributed by atoms with van der Waals surface area (Å²) in [5.74, 6) is 1.28. The third kappa shape index (κ3) is 2.45. The molecule has 0 atom stereocenters. The number of hydrogen-bond acceptors (Lipinski definition) is 4. The van der Waals surface area contributed by atoms with E-state index in [1.165, 1.54) is 6.42 Å². The van der Waals surface area contributed by atoms with E-state index < -0.39 is 0 Å². The number of ether oxygens (including phenoxy) is 1. The Bertz CT molecular complexity index is 526. The molecule has 0 saturated heterocycles. The smallest absolute Gasteiger partial charge is 0.263 e. The molecule has 0 aromatic carbocycles. The summed E-state index contributed by atoms with van der Waals surface area (Å²) in [6.45, 7) is 0.00798. The van der Waals surface area contributed by atoms with Gasteiger partial charge in [0.15, 0.2) is 18.2 Å². The predicted molar refractivity (Wildman–Crippen MR) is 73.8 cm³/mol. The van der Waals surface area contributed by atoms with Crippen LogP contribution in [0.4, 0.5) is 11.6 Å². The summed E-state index contributed by atoms with van der Waals surface area (Å²) in [6, 6.07) is 3.71. The highest BCUT2D eigenvalue weighted by molar-refractivity contribution is 5.94. The lowest BCUT2D eigenvalue weighted by Gasteiger charge is -2.31. The van der Waals surface area contributed by atoms with Crippen molar-refractivity contribution in [3.8, 4) is 5.75 Å². The van der Waals surface area contributed by atoms with Crippen molar-refractivity contribution in [2.24, 2.45) is 0 Å². The molecule has 2 aliphatic rings. The minimum absolute atomic E-state index is 0.00798. The van der Waals surface area contributed by atoms with E-state index in [9.17, 15) is 9.59 Å². The van der Waals surface area contributed by atoms with Crippen LogP contribution in [0.15, 0.2) is 12.1 Å². The van der Waals surface area contributed by atoms with Crippen LogP contribution in [0.25, 0.3) is 0 Å². The van der Waals surface area contributed by atoms with Crippen molar-refractivity contribution in [3.63, 3.8) is 0 Å². The van der Waals surface area contributed by atoms with E-state index in [4.69, 9.17) is 4.74 Å². The van der Waals surface area contributed by atoms with E-state index in [0.29, 0.717) is 17.4 Å². The number of hydrogen-bond donors (Lipinski definition) is 1. The van der Waals surface area contributed by atoms with Gasteiger partial charge in [0.25, 0.3) is 5.91 Å². The SMILES string of the molecule is O=CN(c1ccc2c(n1)NC(=O)CO2)C1CCCCC1. The van der Waals surface area contributed by atoms with Gasteiger partial charge in [-0.2, -0.15) is 0 Å². The van der Waals surface area contributed by atoms with Gasteiger partial charge >= 0.3 is 0 Å². The van der Waals surface area contributed by atoms with E-state index in [2.05, 4.69) is 10.3 Å². The van der Waals surface area contributed by atoms with Crippen LogP contribution in [0.3, 0.4) is 0 Å². The number of anilines is 2. The molecule has 6 heteroatoms. The molecule has 6 nitrogen and oxygen atoms in total. The average Bonchev–Trinajstić information content (AvgIpc) is 2.49. The zero-order valence-corrected chi connectivity index (χ0v) is 11.2. The van der Waals surface area contributed by atoms with Crippen LogP contribution in [-0.2, 0) is 9.59 Å². The topological polar surface area (TPSA) is 71.5 Å². The fraction of sp³-hybridized carbons (Fsp3) is 0.500. The molecule has 1 aromatic heterocycles. The molecule has 20 heavy (non-hydrogen) atoms. The number of fused-ring (bicyclic) bond motifs is 1. The molecule has 1 aliphatic carbocycles. The number of carbonyl (C=O) groups excluding carboxylic acids is 2. The van der Waals surface area contributed by atoms with E-state index in [-0.39, 0.29) is 18.6 Å². The molecule has 1 fully saturated rings. The van der Waals surface area contributed by atoms with E-state index in [1.807, 2.05) is 0 Å². The normalized spacial score (nSPS) is 18.7. The standard InChI is InChI=1S/C14H17N3O3/c18-9-17(10-4-2-1-3-5-10)12-7-6-11-14(15-12)16-13(19)8-20-11/h6-7,9-10H,1-5,8H2,(H,15,16,19). The minimum Gasteiger partial charge on any atom is -0.480 e. The van der Waals surface area contributed by atoms with Gasteiger partial charge in [0.1, 0.15) is 5.82 Å². The first-order valence-corrected chi connectivity index (χ1v) is 6.95. The van der Waals surface area contributed by atoms with Crippen molar-refractivity contribution < 1.29 is 14.3 Å². The van der Waals surface area contributed by atoms with Crippen molar-refractivity contribution in [2.45, 2.75) is 38.1 Å². The Kier molecular flexibility index (Phi) is 3.54. The summed E-state index contributed by atoms with van der Waals surface area (Å²) in [7, 11) is 0. The number of nitrogens with one attached hydrogen (secondary N) is 1. The number of rotatable bonds is 3. The highest BCUT2D eigenvalue weighted by Gasteiger charge is 2.24.